The molecule has 0 aromatic heterocycles. The van der Waals surface area contributed by atoms with Gasteiger partial charge >= 0.3 is 0 Å². The molecule has 1 aliphatic rings. The summed E-state index contributed by atoms with van der Waals surface area (Å²) >= 11 is 0. The zero-order valence-corrected chi connectivity index (χ0v) is 13.4. The topological polar surface area (TPSA) is 29.5 Å². The van der Waals surface area contributed by atoms with Crippen LogP contribution in [-0.2, 0) is 4.79 Å². The van der Waals surface area contributed by atoms with Crippen LogP contribution in [0.4, 0.5) is 0 Å². The van der Waals surface area contributed by atoms with Gasteiger partial charge < -0.3 is 9.64 Å². The third-order valence-electron chi connectivity index (χ3n) is 4.40. The number of benzene rings is 2. The van der Waals surface area contributed by atoms with E-state index >= 15 is 0 Å². The van der Waals surface area contributed by atoms with Crippen molar-refractivity contribution in [3.63, 3.8) is 0 Å². The SMILES string of the molecule is O=C(COc1ccccc1)N1CCCCC(c2ccccc2)C1. The molecule has 1 fully saturated rings. The van der Waals surface area contributed by atoms with Gasteiger partial charge in [0.1, 0.15) is 5.75 Å². The van der Waals surface area contributed by atoms with E-state index in [2.05, 4.69) is 24.3 Å². The molecule has 0 saturated carbocycles. The number of ether oxygens (including phenoxy) is 1. The largest absolute Gasteiger partial charge is 0.484 e. The molecule has 23 heavy (non-hydrogen) atoms. The minimum Gasteiger partial charge on any atom is -0.484 e. The normalized spacial score (nSPS) is 18.3. The summed E-state index contributed by atoms with van der Waals surface area (Å²) in [6.07, 6.45) is 3.39. The van der Waals surface area contributed by atoms with E-state index in [9.17, 15) is 4.79 Å². The minimum absolute atomic E-state index is 0.0803. The Hall–Kier alpha value is -2.29. The van der Waals surface area contributed by atoms with Crippen molar-refractivity contribution in [2.75, 3.05) is 19.7 Å². The number of likely N-dealkylation sites (tertiary alicyclic amines) is 1. The highest BCUT2D eigenvalue weighted by atomic mass is 16.5. The lowest BCUT2D eigenvalue weighted by atomic mass is 9.94. The Labute approximate surface area is 137 Å². The molecule has 0 N–H and O–H groups in total. The summed E-state index contributed by atoms with van der Waals surface area (Å²) in [5.41, 5.74) is 1.33. The second-order valence-electron chi connectivity index (χ2n) is 6.04. The molecule has 1 unspecified atom stereocenters. The standard InChI is InChI=1S/C20H23NO2/c22-20(16-23-19-12-5-2-6-13-19)21-14-8-7-11-18(15-21)17-9-3-1-4-10-17/h1-6,9-10,12-13,18H,7-8,11,14-16H2. The summed E-state index contributed by atoms with van der Waals surface area (Å²) in [5, 5.41) is 0. The Kier molecular flexibility index (Phi) is 5.30. The lowest BCUT2D eigenvalue weighted by molar-refractivity contribution is -0.133. The van der Waals surface area contributed by atoms with Gasteiger partial charge in [-0.05, 0) is 30.5 Å². The molecule has 0 spiro atoms. The molecule has 0 radical (unpaired) electrons. The predicted molar refractivity (Wildman–Crippen MR) is 91.6 cm³/mol. The van der Waals surface area contributed by atoms with E-state index in [1.165, 1.54) is 12.0 Å². The van der Waals surface area contributed by atoms with E-state index in [1.807, 2.05) is 41.3 Å². The Morgan fingerprint density at radius 3 is 2.43 bits per heavy atom. The molecule has 1 amide bonds. The van der Waals surface area contributed by atoms with Gasteiger partial charge in [0.15, 0.2) is 6.61 Å². The average Bonchev–Trinajstić information content (AvgIpc) is 2.88. The van der Waals surface area contributed by atoms with Crippen molar-refractivity contribution in [2.24, 2.45) is 0 Å². The summed E-state index contributed by atoms with van der Waals surface area (Å²) in [5.74, 6) is 1.26. The summed E-state index contributed by atoms with van der Waals surface area (Å²) in [6.45, 7) is 1.74. The van der Waals surface area contributed by atoms with Crippen LogP contribution in [0.5, 0.6) is 5.75 Å². The molecule has 120 valence electrons. The van der Waals surface area contributed by atoms with Crippen molar-refractivity contribution < 1.29 is 9.53 Å². The van der Waals surface area contributed by atoms with Gasteiger partial charge in [0.05, 0.1) is 0 Å². The van der Waals surface area contributed by atoms with Crippen LogP contribution in [0, 0.1) is 0 Å². The van der Waals surface area contributed by atoms with Gasteiger partial charge in [0.25, 0.3) is 5.91 Å². The smallest absolute Gasteiger partial charge is 0.260 e. The molecular weight excluding hydrogens is 286 g/mol. The van der Waals surface area contributed by atoms with E-state index in [-0.39, 0.29) is 12.5 Å². The Morgan fingerprint density at radius 2 is 1.70 bits per heavy atom. The number of rotatable bonds is 4. The zero-order valence-electron chi connectivity index (χ0n) is 13.4. The Bertz CT molecular complexity index is 612. The highest BCUT2D eigenvalue weighted by molar-refractivity contribution is 5.77. The van der Waals surface area contributed by atoms with Crippen molar-refractivity contribution >= 4 is 5.91 Å². The van der Waals surface area contributed by atoms with Gasteiger partial charge in [0, 0.05) is 19.0 Å². The molecule has 2 aromatic carbocycles. The molecule has 1 atom stereocenters. The lowest BCUT2D eigenvalue weighted by Crippen LogP contribution is -2.37. The maximum Gasteiger partial charge on any atom is 0.260 e. The van der Waals surface area contributed by atoms with Crippen LogP contribution < -0.4 is 4.74 Å². The van der Waals surface area contributed by atoms with Gasteiger partial charge in [-0.15, -0.1) is 0 Å². The van der Waals surface area contributed by atoms with E-state index in [0.717, 1.165) is 31.7 Å². The molecule has 3 rings (SSSR count). The van der Waals surface area contributed by atoms with Crippen LogP contribution in [0.15, 0.2) is 60.7 Å². The van der Waals surface area contributed by atoms with Crippen molar-refractivity contribution in [1.29, 1.82) is 0 Å². The molecule has 1 saturated heterocycles. The van der Waals surface area contributed by atoms with Gasteiger partial charge in [-0.3, -0.25) is 4.79 Å². The van der Waals surface area contributed by atoms with Crippen LogP contribution in [0.1, 0.15) is 30.7 Å². The van der Waals surface area contributed by atoms with E-state index in [0.29, 0.717) is 5.92 Å². The molecule has 0 aliphatic carbocycles. The first-order chi connectivity index (χ1) is 11.3. The first kappa shape index (κ1) is 15.6. The Morgan fingerprint density at radius 1 is 1.00 bits per heavy atom. The van der Waals surface area contributed by atoms with Crippen LogP contribution in [0.25, 0.3) is 0 Å². The third kappa shape index (κ3) is 4.35. The number of carbonyl (C=O) groups is 1. The highest BCUT2D eigenvalue weighted by Gasteiger charge is 2.23. The number of nitrogens with zero attached hydrogens (tertiary/aromatic N) is 1. The monoisotopic (exact) mass is 309 g/mol. The quantitative estimate of drug-likeness (QED) is 0.858. The van der Waals surface area contributed by atoms with Crippen molar-refractivity contribution in [2.45, 2.75) is 25.2 Å². The minimum atomic E-state index is 0.0803. The average molecular weight is 309 g/mol. The molecule has 2 aromatic rings. The summed E-state index contributed by atoms with van der Waals surface area (Å²) in [6, 6.07) is 20.0. The lowest BCUT2D eigenvalue weighted by Gasteiger charge is -2.25. The summed E-state index contributed by atoms with van der Waals surface area (Å²) in [4.78, 5) is 14.5. The number of amides is 1. The predicted octanol–water partition coefficient (Wildman–Crippen LogP) is 3.86. The van der Waals surface area contributed by atoms with E-state index in [1.54, 1.807) is 0 Å². The van der Waals surface area contributed by atoms with Crippen LogP contribution in [0.2, 0.25) is 0 Å². The molecule has 0 bridgehead atoms. The van der Waals surface area contributed by atoms with Crippen LogP contribution in [-0.4, -0.2) is 30.5 Å². The van der Waals surface area contributed by atoms with Crippen LogP contribution in [0.3, 0.4) is 0 Å². The van der Waals surface area contributed by atoms with Gasteiger partial charge in [0.2, 0.25) is 0 Å². The second-order valence-corrected chi connectivity index (χ2v) is 6.04. The molecular formula is C20H23NO2. The zero-order chi connectivity index (χ0) is 15.9. The van der Waals surface area contributed by atoms with E-state index in [4.69, 9.17) is 4.74 Å². The summed E-state index contributed by atoms with van der Waals surface area (Å²) < 4.78 is 5.61. The maximum atomic E-state index is 12.5. The third-order valence-corrected chi connectivity index (χ3v) is 4.40. The fourth-order valence-corrected chi connectivity index (χ4v) is 3.12. The van der Waals surface area contributed by atoms with Crippen molar-refractivity contribution in [1.82, 2.24) is 4.90 Å². The highest BCUT2D eigenvalue weighted by Crippen LogP contribution is 2.26. The van der Waals surface area contributed by atoms with Gasteiger partial charge in [-0.25, -0.2) is 0 Å². The number of hydrogen-bond donors (Lipinski definition) is 0. The fourth-order valence-electron chi connectivity index (χ4n) is 3.12. The number of carbonyl (C=O) groups excluding carboxylic acids is 1. The first-order valence-corrected chi connectivity index (χ1v) is 8.33. The number of hydrogen-bond acceptors (Lipinski definition) is 2. The molecule has 3 nitrogen and oxygen atoms in total. The van der Waals surface area contributed by atoms with Crippen molar-refractivity contribution in [3.8, 4) is 5.75 Å². The first-order valence-electron chi connectivity index (χ1n) is 8.33. The van der Waals surface area contributed by atoms with Crippen LogP contribution >= 0.6 is 0 Å². The van der Waals surface area contributed by atoms with Crippen molar-refractivity contribution in [3.05, 3.63) is 66.2 Å². The summed E-state index contributed by atoms with van der Waals surface area (Å²) in [7, 11) is 0. The molecule has 1 aliphatic heterocycles. The molecule has 3 heteroatoms. The number of para-hydroxylation sites is 1. The molecule has 1 heterocycles. The van der Waals surface area contributed by atoms with E-state index < -0.39 is 0 Å². The second kappa shape index (κ2) is 7.82. The van der Waals surface area contributed by atoms with Gasteiger partial charge in [-0.1, -0.05) is 55.0 Å². The fraction of sp³-hybridized carbons (Fsp3) is 0.350. The maximum absolute atomic E-state index is 12.5. The van der Waals surface area contributed by atoms with Gasteiger partial charge in [-0.2, -0.15) is 0 Å². The Balaban J connectivity index is 1.60.